The molecule has 0 bridgehead atoms. The molecule has 170 valence electrons. The Morgan fingerprint density at radius 1 is 1.09 bits per heavy atom. The van der Waals surface area contributed by atoms with Gasteiger partial charge in [0.05, 0.1) is 22.6 Å². The van der Waals surface area contributed by atoms with Gasteiger partial charge in [0.2, 0.25) is 10.0 Å². The summed E-state index contributed by atoms with van der Waals surface area (Å²) >= 11 is 1.27. The number of amidine groups is 1. The van der Waals surface area contributed by atoms with E-state index in [0.29, 0.717) is 15.8 Å². The fourth-order valence-electron chi connectivity index (χ4n) is 3.51. The van der Waals surface area contributed by atoms with Gasteiger partial charge in [-0.1, -0.05) is 0 Å². The van der Waals surface area contributed by atoms with Crippen molar-refractivity contribution < 1.29 is 17.9 Å². The van der Waals surface area contributed by atoms with Gasteiger partial charge in [0.25, 0.3) is 5.91 Å². The van der Waals surface area contributed by atoms with E-state index in [2.05, 4.69) is 10.3 Å². The highest BCUT2D eigenvalue weighted by atomic mass is 32.2. The summed E-state index contributed by atoms with van der Waals surface area (Å²) in [6, 6.07) is 15.6. The predicted molar refractivity (Wildman–Crippen MR) is 130 cm³/mol. The molecule has 2 heterocycles. The number of carbonyl (C=O) groups is 1. The van der Waals surface area contributed by atoms with Crippen molar-refractivity contribution in [3.05, 3.63) is 76.5 Å². The number of rotatable bonds is 5. The molecule has 1 amide bonds. The van der Waals surface area contributed by atoms with Crippen LogP contribution in [-0.2, 0) is 14.8 Å². The Bertz CT molecular complexity index is 1390. The van der Waals surface area contributed by atoms with Crippen LogP contribution in [0.3, 0.4) is 0 Å². The zero-order valence-electron chi connectivity index (χ0n) is 18.2. The van der Waals surface area contributed by atoms with Crippen LogP contribution in [0.5, 0.6) is 5.75 Å². The van der Waals surface area contributed by atoms with Crippen LogP contribution in [0.2, 0.25) is 0 Å². The van der Waals surface area contributed by atoms with Crippen molar-refractivity contribution in [2.24, 2.45) is 10.1 Å². The first-order valence-corrected chi connectivity index (χ1v) is 12.3. The molecule has 0 saturated carbocycles. The molecule has 0 unspecified atom stereocenters. The average Bonchev–Trinajstić information content (AvgIpc) is 3.26. The number of benzene rings is 2. The van der Waals surface area contributed by atoms with E-state index in [1.807, 2.05) is 54.8 Å². The van der Waals surface area contributed by atoms with Crippen LogP contribution in [0.15, 0.2) is 69.4 Å². The lowest BCUT2D eigenvalue weighted by atomic mass is 10.2. The Morgan fingerprint density at radius 2 is 1.76 bits per heavy atom. The van der Waals surface area contributed by atoms with Crippen molar-refractivity contribution in [3.63, 3.8) is 0 Å². The summed E-state index contributed by atoms with van der Waals surface area (Å²) in [5.74, 6) is 0.520. The minimum Gasteiger partial charge on any atom is -0.497 e. The SMILES string of the molecule is COc1ccc(N=C2NC(=O)/C(=C/c3cc(C)n(-c4ccc(S(N)(=O)=O)cc4)c3C)S2)cc1. The van der Waals surface area contributed by atoms with Crippen LogP contribution in [0.25, 0.3) is 11.8 Å². The number of aliphatic imine (C=N–C) groups is 1. The van der Waals surface area contributed by atoms with Gasteiger partial charge in [-0.05, 0) is 91.8 Å². The number of aryl methyl sites for hydroxylation is 1. The van der Waals surface area contributed by atoms with Crippen molar-refractivity contribution in [1.29, 1.82) is 0 Å². The Morgan fingerprint density at radius 3 is 2.36 bits per heavy atom. The lowest BCUT2D eigenvalue weighted by molar-refractivity contribution is -0.115. The molecule has 3 N–H and O–H groups in total. The minimum atomic E-state index is -3.75. The van der Waals surface area contributed by atoms with Crippen LogP contribution in [-0.4, -0.2) is 31.2 Å². The molecule has 1 aliphatic rings. The van der Waals surface area contributed by atoms with Crippen LogP contribution in [0.4, 0.5) is 5.69 Å². The van der Waals surface area contributed by atoms with E-state index in [-0.39, 0.29) is 10.8 Å². The highest BCUT2D eigenvalue weighted by molar-refractivity contribution is 8.18. The maximum absolute atomic E-state index is 12.5. The largest absolute Gasteiger partial charge is 0.497 e. The number of nitrogens with two attached hydrogens (primary N) is 1. The van der Waals surface area contributed by atoms with Crippen LogP contribution >= 0.6 is 11.8 Å². The summed E-state index contributed by atoms with van der Waals surface area (Å²) in [6.07, 6.45) is 1.83. The first kappa shape index (κ1) is 22.8. The van der Waals surface area contributed by atoms with E-state index in [1.165, 1.54) is 23.9 Å². The van der Waals surface area contributed by atoms with E-state index >= 15 is 0 Å². The number of carbonyl (C=O) groups excluding carboxylic acids is 1. The Balaban J connectivity index is 1.60. The number of methoxy groups -OCH3 is 1. The van der Waals surface area contributed by atoms with Gasteiger partial charge in [0, 0.05) is 17.1 Å². The zero-order valence-corrected chi connectivity index (χ0v) is 19.8. The maximum Gasteiger partial charge on any atom is 0.264 e. The van der Waals surface area contributed by atoms with Crippen molar-refractivity contribution >= 4 is 44.6 Å². The Hall–Kier alpha value is -3.34. The maximum atomic E-state index is 12.5. The van der Waals surface area contributed by atoms with Gasteiger partial charge >= 0.3 is 0 Å². The van der Waals surface area contributed by atoms with Crippen LogP contribution in [0.1, 0.15) is 17.0 Å². The molecule has 1 aromatic heterocycles. The smallest absolute Gasteiger partial charge is 0.264 e. The number of nitrogens with zero attached hydrogens (tertiary/aromatic N) is 2. The first-order valence-electron chi connectivity index (χ1n) is 9.91. The molecule has 0 atom stereocenters. The third-order valence-corrected chi connectivity index (χ3v) is 6.97. The number of ether oxygens (including phenoxy) is 1. The van der Waals surface area contributed by atoms with Gasteiger partial charge < -0.3 is 14.6 Å². The second-order valence-electron chi connectivity index (χ2n) is 7.38. The number of hydrogen-bond acceptors (Lipinski definition) is 6. The molecule has 1 saturated heterocycles. The number of hydrogen-bond donors (Lipinski definition) is 2. The number of sulfonamides is 1. The molecule has 0 radical (unpaired) electrons. The third-order valence-electron chi connectivity index (χ3n) is 5.13. The fourth-order valence-corrected chi connectivity index (χ4v) is 4.86. The molecule has 3 aromatic rings. The Kier molecular flexibility index (Phi) is 6.15. The second-order valence-corrected chi connectivity index (χ2v) is 9.97. The lowest BCUT2D eigenvalue weighted by Crippen LogP contribution is -2.19. The molecule has 2 aromatic carbocycles. The number of nitrogens with one attached hydrogen (secondary N) is 1. The molecule has 8 nitrogen and oxygen atoms in total. The first-order chi connectivity index (χ1) is 15.7. The monoisotopic (exact) mass is 482 g/mol. The zero-order chi connectivity index (χ0) is 23.8. The molecule has 0 spiro atoms. The molecule has 33 heavy (non-hydrogen) atoms. The predicted octanol–water partition coefficient (Wildman–Crippen LogP) is 3.64. The summed E-state index contributed by atoms with van der Waals surface area (Å²) in [7, 11) is -2.15. The highest BCUT2D eigenvalue weighted by Crippen LogP contribution is 2.31. The van der Waals surface area contributed by atoms with Crippen molar-refractivity contribution in [2.75, 3.05) is 7.11 Å². The molecule has 1 aliphatic heterocycles. The number of primary sulfonamides is 1. The Labute approximate surface area is 196 Å². The van der Waals surface area contributed by atoms with E-state index in [1.54, 1.807) is 19.2 Å². The quantitative estimate of drug-likeness (QED) is 0.539. The fraction of sp³-hybridized carbons (Fsp3) is 0.130. The van der Waals surface area contributed by atoms with E-state index in [9.17, 15) is 13.2 Å². The van der Waals surface area contributed by atoms with Gasteiger partial charge in [0.1, 0.15) is 5.75 Å². The number of amides is 1. The van der Waals surface area contributed by atoms with Crippen LogP contribution < -0.4 is 15.2 Å². The average molecular weight is 483 g/mol. The van der Waals surface area contributed by atoms with Gasteiger partial charge in [-0.2, -0.15) is 0 Å². The summed E-state index contributed by atoms with van der Waals surface area (Å²) in [5.41, 5.74) is 4.25. The minimum absolute atomic E-state index is 0.0544. The molecular weight excluding hydrogens is 460 g/mol. The van der Waals surface area contributed by atoms with Crippen LogP contribution in [0, 0.1) is 13.8 Å². The normalized spacial score (nSPS) is 16.4. The van der Waals surface area contributed by atoms with Gasteiger partial charge in [-0.3, -0.25) is 4.79 Å². The molecule has 0 aliphatic carbocycles. The van der Waals surface area contributed by atoms with E-state index in [4.69, 9.17) is 9.88 Å². The topological polar surface area (TPSA) is 116 Å². The van der Waals surface area contributed by atoms with E-state index in [0.717, 1.165) is 28.4 Å². The summed E-state index contributed by atoms with van der Waals surface area (Å²) in [6.45, 7) is 3.89. The summed E-state index contributed by atoms with van der Waals surface area (Å²) in [4.78, 5) is 17.6. The molecule has 4 rings (SSSR count). The number of aromatic nitrogens is 1. The standard InChI is InChI=1S/C23H22N4O4S2/c1-14-12-16(15(2)27(14)18-6-10-20(11-7-18)33(24,29)30)13-21-22(28)26-23(32-21)25-17-4-8-19(31-3)9-5-17/h4-13H,1-3H3,(H2,24,29,30)(H,25,26,28)/b21-13-. The van der Waals surface area contributed by atoms with Gasteiger partial charge in [-0.15, -0.1) is 0 Å². The third kappa shape index (κ3) is 4.87. The summed E-state index contributed by atoms with van der Waals surface area (Å²) < 4.78 is 30.2. The van der Waals surface area contributed by atoms with Crippen molar-refractivity contribution in [3.8, 4) is 11.4 Å². The molecular formula is C23H22N4O4S2. The second kappa shape index (κ2) is 8.89. The molecule has 1 fully saturated rings. The summed E-state index contributed by atoms with van der Waals surface area (Å²) in [5, 5.41) is 8.49. The lowest BCUT2D eigenvalue weighted by Gasteiger charge is -2.10. The van der Waals surface area contributed by atoms with Crippen molar-refractivity contribution in [2.45, 2.75) is 18.7 Å². The van der Waals surface area contributed by atoms with E-state index < -0.39 is 10.0 Å². The van der Waals surface area contributed by atoms with Gasteiger partial charge in [0.15, 0.2) is 5.17 Å². The van der Waals surface area contributed by atoms with Gasteiger partial charge in [-0.25, -0.2) is 18.5 Å². The molecule has 10 heteroatoms. The number of thioether (sulfide) groups is 1. The highest BCUT2D eigenvalue weighted by Gasteiger charge is 2.24. The van der Waals surface area contributed by atoms with Crippen molar-refractivity contribution in [1.82, 2.24) is 9.88 Å².